The van der Waals surface area contributed by atoms with Crippen LogP contribution in [-0.2, 0) is 9.53 Å². The normalized spacial score (nSPS) is 15.7. The number of amides is 2. The highest BCUT2D eigenvalue weighted by Crippen LogP contribution is 2.32. The first-order valence-electron chi connectivity index (χ1n) is 11.2. The van der Waals surface area contributed by atoms with E-state index in [0.717, 1.165) is 11.3 Å². The van der Waals surface area contributed by atoms with Crippen molar-refractivity contribution in [2.75, 3.05) is 23.8 Å². The molecule has 3 N–H and O–H groups in total. The molecule has 0 saturated carbocycles. The highest BCUT2D eigenvalue weighted by molar-refractivity contribution is 7.80. The third-order valence-electron chi connectivity index (χ3n) is 5.38. The molecule has 0 aliphatic carbocycles. The van der Waals surface area contributed by atoms with E-state index in [1.54, 1.807) is 30.3 Å². The average molecular weight is 535 g/mol. The van der Waals surface area contributed by atoms with Gasteiger partial charge in [0.15, 0.2) is 5.11 Å². The van der Waals surface area contributed by atoms with Gasteiger partial charge in [-0.2, -0.15) is 0 Å². The molecule has 0 spiro atoms. The minimum Gasteiger partial charge on any atom is -0.462 e. The van der Waals surface area contributed by atoms with E-state index >= 15 is 0 Å². The summed E-state index contributed by atoms with van der Waals surface area (Å²) in [7, 11) is 0. The zero-order valence-electron chi connectivity index (χ0n) is 19.9. The molecule has 7 nitrogen and oxygen atoms in total. The van der Waals surface area contributed by atoms with Gasteiger partial charge in [-0.3, -0.25) is 0 Å². The van der Waals surface area contributed by atoms with Crippen LogP contribution in [0.5, 0.6) is 0 Å². The summed E-state index contributed by atoms with van der Waals surface area (Å²) in [5.74, 6) is -0.161. The molecule has 1 unspecified atom stereocenters. The van der Waals surface area contributed by atoms with Crippen LogP contribution in [0.2, 0.25) is 10.0 Å². The summed E-state index contributed by atoms with van der Waals surface area (Å²) in [6, 6.07) is 11.2. The molecule has 0 fully saturated rings. The van der Waals surface area contributed by atoms with Gasteiger partial charge < -0.3 is 25.6 Å². The molecule has 2 aromatic rings. The number of halogens is 2. The third-order valence-corrected chi connectivity index (χ3v) is 6.54. The Hall–Kier alpha value is -2.81. The van der Waals surface area contributed by atoms with Crippen LogP contribution in [0, 0.1) is 5.92 Å². The summed E-state index contributed by atoms with van der Waals surface area (Å²) in [5, 5.41) is 9.84. The minimum atomic E-state index is -0.474. The van der Waals surface area contributed by atoms with Crippen molar-refractivity contribution in [2.45, 2.75) is 33.7 Å². The summed E-state index contributed by atoms with van der Waals surface area (Å²) in [4.78, 5) is 27.3. The van der Waals surface area contributed by atoms with Gasteiger partial charge >= 0.3 is 12.0 Å². The number of carbonyl (C=O) groups is 2. The van der Waals surface area contributed by atoms with Gasteiger partial charge in [0.05, 0.1) is 34.0 Å². The predicted molar refractivity (Wildman–Crippen MR) is 145 cm³/mol. The molecule has 1 aliphatic heterocycles. The third kappa shape index (κ3) is 6.45. The zero-order valence-corrected chi connectivity index (χ0v) is 22.3. The fourth-order valence-electron chi connectivity index (χ4n) is 3.64. The number of benzene rings is 2. The molecule has 1 heterocycles. The maximum Gasteiger partial charge on any atom is 0.338 e. The number of carbonyl (C=O) groups excluding carboxylic acids is 2. The first-order valence-corrected chi connectivity index (χ1v) is 12.4. The Kier molecular flexibility index (Phi) is 8.99. The van der Waals surface area contributed by atoms with Crippen LogP contribution < -0.4 is 16.0 Å². The highest BCUT2D eigenvalue weighted by Gasteiger charge is 2.34. The van der Waals surface area contributed by atoms with Crippen molar-refractivity contribution in [3.8, 4) is 0 Å². The number of anilines is 2. The highest BCUT2D eigenvalue weighted by atomic mass is 35.5. The number of rotatable bonds is 7. The van der Waals surface area contributed by atoms with Crippen molar-refractivity contribution in [3.05, 3.63) is 69.3 Å². The van der Waals surface area contributed by atoms with Gasteiger partial charge in [0.2, 0.25) is 0 Å². The molecule has 3 rings (SSSR count). The Morgan fingerprint density at radius 1 is 1.14 bits per heavy atom. The summed E-state index contributed by atoms with van der Waals surface area (Å²) < 4.78 is 5.55. The first-order chi connectivity index (χ1) is 16.6. The molecule has 186 valence electrons. The number of hydrogen-bond donors (Lipinski definition) is 3. The number of urea groups is 1. The van der Waals surface area contributed by atoms with Gasteiger partial charge in [-0.05, 0) is 61.8 Å². The van der Waals surface area contributed by atoms with Crippen LogP contribution in [0.15, 0.2) is 53.7 Å². The van der Waals surface area contributed by atoms with Gasteiger partial charge in [0.25, 0.3) is 0 Å². The maximum absolute atomic E-state index is 13.0. The molecule has 10 heteroatoms. The molecule has 2 amide bonds. The van der Waals surface area contributed by atoms with Crippen LogP contribution in [0.4, 0.5) is 16.2 Å². The van der Waals surface area contributed by atoms with Crippen LogP contribution in [0.25, 0.3) is 0 Å². The lowest BCUT2D eigenvalue weighted by molar-refractivity contribution is -0.140. The number of allylic oxidation sites excluding steroid dienone is 1. The van der Waals surface area contributed by atoms with Crippen LogP contribution in [-0.4, -0.2) is 35.2 Å². The second-order valence-corrected chi connectivity index (χ2v) is 9.59. The van der Waals surface area contributed by atoms with E-state index in [9.17, 15) is 9.59 Å². The molecule has 2 aromatic carbocycles. The lowest BCUT2D eigenvalue weighted by atomic mass is 9.95. The molecule has 1 atom stereocenters. The van der Waals surface area contributed by atoms with Crippen LogP contribution >= 0.6 is 35.4 Å². The fraction of sp³-hybridized carbons (Fsp3) is 0.320. The van der Waals surface area contributed by atoms with E-state index in [2.05, 4.69) is 16.0 Å². The molecule has 0 radical (unpaired) electrons. The second-order valence-electron chi connectivity index (χ2n) is 8.42. The SMILES string of the molecule is CCN1C(=S)NC(c2ccc(NC(=O)Nc3cccc(Cl)c3Cl)cc2)C(C(=O)OCC(C)C)=C1C. The van der Waals surface area contributed by atoms with Gasteiger partial charge in [-0.15, -0.1) is 0 Å². The minimum absolute atomic E-state index is 0.219. The Balaban J connectivity index is 1.79. The number of hydrogen-bond acceptors (Lipinski definition) is 4. The predicted octanol–water partition coefficient (Wildman–Crippen LogP) is 6.36. The van der Waals surface area contributed by atoms with E-state index in [1.807, 2.05) is 44.7 Å². The number of ether oxygens (including phenoxy) is 1. The zero-order chi connectivity index (χ0) is 25.7. The van der Waals surface area contributed by atoms with Crippen molar-refractivity contribution in [3.63, 3.8) is 0 Å². The van der Waals surface area contributed by atoms with E-state index in [1.165, 1.54) is 0 Å². The topological polar surface area (TPSA) is 82.7 Å². The molecular formula is C25H28Cl2N4O3S. The maximum atomic E-state index is 13.0. The van der Waals surface area contributed by atoms with Gasteiger partial charge in [0, 0.05) is 17.9 Å². The van der Waals surface area contributed by atoms with Gasteiger partial charge in [0.1, 0.15) is 0 Å². The molecule has 35 heavy (non-hydrogen) atoms. The number of esters is 1. The van der Waals surface area contributed by atoms with E-state index in [-0.39, 0.29) is 16.9 Å². The summed E-state index contributed by atoms with van der Waals surface area (Å²) in [6.07, 6.45) is 0. The summed E-state index contributed by atoms with van der Waals surface area (Å²) >= 11 is 17.7. The largest absolute Gasteiger partial charge is 0.462 e. The lowest BCUT2D eigenvalue weighted by Crippen LogP contribution is -2.47. The van der Waals surface area contributed by atoms with Crippen LogP contribution in [0.3, 0.4) is 0 Å². The molecule has 0 bridgehead atoms. The van der Waals surface area contributed by atoms with Crippen molar-refractivity contribution in [2.24, 2.45) is 5.92 Å². The first kappa shape index (κ1) is 26.8. The van der Waals surface area contributed by atoms with Gasteiger partial charge in [-0.25, -0.2) is 9.59 Å². The standard InChI is InChI=1S/C25H28Cl2N4O3S/c1-5-31-15(4)20(23(32)34-13-14(2)3)22(30-25(31)35)16-9-11-17(12-10-16)28-24(33)29-19-8-6-7-18(26)21(19)27/h6-12,14,22H,5,13H2,1-4H3,(H,30,35)(H2,28,29,33). The van der Waals surface area contributed by atoms with Crippen molar-refractivity contribution in [1.82, 2.24) is 10.2 Å². The number of nitrogens with one attached hydrogen (secondary N) is 3. The Bertz CT molecular complexity index is 1150. The molecule has 1 aliphatic rings. The van der Waals surface area contributed by atoms with E-state index in [0.29, 0.717) is 40.2 Å². The smallest absolute Gasteiger partial charge is 0.338 e. The summed E-state index contributed by atoms with van der Waals surface area (Å²) in [6.45, 7) is 8.77. The fourth-order valence-corrected chi connectivity index (χ4v) is 4.37. The number of thiocarbonyl (C=S) groups is 1. The average Bonchev–Trinajstić information content (AvgIpc) is 2.81. The van der Waals surface area contributed by atoms with Crippen molar-refractivity contribution in [1.29, 1.82) is 0 Å². The molecular weight excluding hydrogens is 507 g/mol. The molecule has 0 saturated heterocycles. The quantitative estimate of drug-likeness (QED) is 0.283. The Morgan fingerprint density at radius 2 is 1.83 bits per heavy atom. The monoisotopic (exact) mass is 534 g/mol. The Labute approximate surface area is 220 Å². The molecule has 0 aromatic heterocycles. The van der Waals surface area contributed by atoms with Crippen LogP contribution in [0.1, 0.15) is 39.3 Å². The van der Waals surface area contributed by atoms with E-state index in [4.69, 9.17) is 40.2 Å². The number of nitrogens with zero attached hydrogens (tertiary/aromatic N) is 1. The van der Waals surface area contributed by atoms with E-state index < -0.39 is 12.1 Å². The van der Waals surface area contributed by atoms with Crippen molar-refractivity contribution < 1.29 is 14.3 Å². The second kappa shape index (κ2) is 11.7. The Morgan fingerprint density at radius 3 is 2.46 bits per heavy atom. The van der Waals surface area contributed by atoms with Crippen molar-refractivity contribution >= 4 is 63.9 Å². The van der Waals surface area contributed by atoms with Gasteiger partial charge in [-0.1, -0.05) is 55.2 Å². The lowest BCUT2D eigenvalue weighted by Gasteiger charge is -2.37. The summed E-state index contributed by atoms with van der Waals surface area (Å²) in [5.41, 5.74) is 3.04.